The second-order valence-corrected chi connectivity index (χ2v) is 10.1. The highest BCUT2D eigenvalue weighted by molar-refractivity contribution is 6.07. The molecule has 4 aromatic rings. The van der Waals surface area contributed by atoms with E-state index in [0.717, 1.165) is 42.0 Å². The van der Waals surface area contributed by atoms with Gasteiger partial charge in [-0.2, -0.15) is 0 Å². The number of aromatic nitrogens is 2. The van der Waals surface area contributed by atoms with Crippen molar-refractivity contribution in [2.75, 3.05) is 75.3 Å². The van der Waals surface area contributed by atoms with Gasteiger partial charge in [-0.25, -0.2) is 4.39 Å². The van der Waals surface area contributed by atoms with Crippen LogP contribution in [0.2, 0.25) is 0 Å². The van der Waals surface area contributed by atoms with Gasteiger partial charge < -0.3 is 19.4 Å². The molecule has 0 spiro atoms. The molecule has 2 aliphatic rings. The summed E-state index contributed by atoms with van der Waals surface area (Å²) in [5, 5.41) is 10.7. The zero-order valence-corrected chi connectivity index (χ0v) is 22.5. The molecule has 0 radical (unpaired) electrons. The van der Waals surface area contributed by atoms with Gasteiger partial charge in [-0.3, -0.25) is 9.69 Å². The number of hydrogen-bond donors (Lipinski definition) is 0. The lowest BCUT2D eigenvalue weighted by molar-refractivity contribution is 0.0615. The number of rotatable bonds is 7. The fourth-order valence-corrected chi connectivity index (χ4v) is 5.48. The van der Waals surface area contributed by atoms with E-state index in [0.29, 0.717) is 57.3 Å². The van der Waals surface area contributed by atoms with Crippen LogP contribution in [0.5, 0.6) is 5.75 Å². The second kappa shape index (κ2) is 11.9. The molecule has 6 rings (SSSR count). The largest absolute Gasteiger partial charge is 0.492 e. The summed E-state index contributed by atoms with van der Waals surface area (Å²) >= 11 is 0. The highest BCUT2D eigenvalue weighted by Crippen LogP contribution is 2.29. The van der Waals surface area contributed by atoms with Crippen molar-refractivity contribution in [2.24, 2.45) is 0 Å². The monoisotopic (exact) mass is 540 g/mol. The Balaban J connectivity index is 1.09. The Morgan fingerprint density at radius 3 is 2.12 bits per heavy atom. The van der Waals surface area contributed by atoms with Crippen LogP contribution in [0.25, 0.3) is 10.8 Å². The number of hydrogen-bond acceptors (Lipinski definition) is 7. The molecule has 0 aliphatic carbocycles. The first-order valence-electron chi connectivity index (χ1n) is 13.9. The second-order valence-electron chi connectivity index (χ2n) is 10.1. The normalized spacial score (nSPS) is 16.4. The van der Waals surface area contributed by atoms with Crippen LogP contribution >= 0.6 is 0 Å². The first-order valence-corrected chi connectivity index (χ1v) is 13.9. The number of carbonyl (C=O) groups excluding carboxylic acids is 1. The van der Waals surface area contributed by atoms with Crippen LogP contribution in [0.1, 0.15) is 10.5 Å². The first kappa shape index (κ1) is 26.0. The lowest BCUT2D eigenvalue weighted by atomic mass is 10.1. The van der Waals surface area contributed by atoms with Gasteiger partial charge >= 0.3 is 0 Å². The molecule has 3 heterocycles. The summed E-state index contributed by atoms with van der Waals surface area (Å²) in [6.45, 7) is 7.03. The first-order chi connectivity index (χ1) is 19.7. The van der Waals surface area contributed by atoms with Crippen molar-refractivity contribution >= 4 is 28.2 Å². The van der Waals surface area contributed by atoms with Crippen molar-refractivity contribution in [2.45, 2.75) is 0 Å². The minimum Gasteiger partial charge on any atom is -0.492 e. The van der Waals surface area contributed by atoms with E-state index < -0.39 is 0 Å². The molecule has 2 saturated heterocycles. The van der Waals surface area contributed by atoms with Crippen molar-refractivity contribution in [3.05, 3.63) is 90.4 Å². The summed E-state index contributed by atoms with van der Waals surface area (Å²) in [6.07, 6.45) is 0. The molecule has 8 nitrogen and oxygen atoms in total. The van der Waals surface area contributed by atoms with Crippen molar-refractivity contribution in [1.29, 1.82) is 0 Å². The molecule has 206 valence electrons. The summed E-state index contributed by atoms with van der Waals surface area (Å²) in [4.78, 5) is 22.0. The predicted octanol–water partition coefficient (Wildman–Crippen LogP) is 3.93. The van der Waals surface area contributed by atoms with Gasteiger partial charge in [0.05, 0.1) is 5.69 Å². The van der Waals surface area contributed by atoms with Gasteiger partial charge in [-0.05, 0) is 24.3 Å². The number of para-hydroxylation sites is 2. The summed E-state index contributed by atoms with van der Waals surface area (Å²) in [7, 11) is 0. The van der Waals surface area contributed by atoms with Gasteiger partial charge in [0.1, 0.15) is 18.2 Å². The van der Waals surface area contributed by atoms with Crippen LogP contribution in [0.15, 0.2) is 78.9 Å². The van der Waals surface area contributed by atoms with Crippen LogP contribution in [0.4, 0.5) is 15.9 Å². The molecule has 0 unspecified atom stereocenters. The van der Waals surface area contributed by atoms with Crippen molar-refractivity contribution in [3.8, 4) is 5.75 Å². The molecular weight excluding hydrogens is 507 g/mol. The number of benzene rings is 3. The average Bonchev–Trinajstić information content (AvgIpc) is 3.01. The van der Waals surface area contributed by atoms with Crippen molar-refractivity contribution in [1.82, 2.24) is 20.0 Å². The summed E-state index contributed by atoms with van der Waals surface area (Å²) in [6, 6.07) is 24.6. The molecule has 0 bridgehead atoms. The van der Waals surface area contributed by atoms with E-state index >= 15 is 0 Å². The summed E-state index contributed by atoms with van der Waals surface area (Å²) in [5.41, 5.74) is 1.02. The van der Waals surface area contributed by atoms with E-state index in [-0.39, 0.29) is 11.7 Å². The summed E-state index contributed by atoms with van der Waals surface area (Å²) in [5.74, 6) is 1.35. The van der Waals surface area contributed by atoms with E-state index in [1.807, 2.05) is 71.6 Å². The van der Waals surface area contributed by atoms with Gasteiger partial charge in [0.25, 0.3) is 5.91 Å². The van der Waals surface area contributed by atoms with Crippen molar-refractivity contribution < 1.29 is 13.9 Å². The molecule has 1 aromatic heterocycles. The van der Waals surface area contributed by atoms with Crippen LogP contribution < -0.4 is 14.5 Å². The molecule has 0 N–H and O–H groups in total. The van der Waals surface area contributed by atoms with E-state index in [1.54, 1.807) is 6.07 Å². The molecule has 2 aliphatic heterocycles. The number of ether oxygens (including phenoxy) is 1. The number of piperazine rings is 2. The fraction of sp³-hybridized carbons (Fsp3) is 0.323. The lowest BCUT2D eigenvalue weighted by Crippen LogP contribution is -2.49. The quantitative estimate of drug-likeness (QED) is 0.352. The third kappa shape index (κ3) is 5.56. The van der Waals surface area contributed by atoms with E-state index in [4.69, 9.17) is 4.74 Å². The number of amides is 1. The maximum absolute atomic E-state index is 14.3. The molecule has 9 heteroatoms. The Hall–Kier alpha value is -4.24. The molecule has 2 fully saturated rings. The third-order valence-corrected chi connectivity index (χ3v) is 7.72. The highest BCUT2D eigenvalue weighted by atomic mass is 19.1. The Bertz CT molecular complexity index is 1450. The zero-order chi connectivity index (χ0) is 27.3. The van der Waals surface area contributed by atoms with E-state index in [1.165, 1.54) is 6.07 Å². The van der Waals surface area contributed by atoms with Gasteiger partial charge in [0.15, 0.2) is 11.5 Å². The molecule has 1 amide bonds. The highest BCUT2D eigenvalue weighted by Gasteiger charge is 2.27. The lowest BCUT2D eigenvalue weighted by Gasteiger charge is -2.37. The van der Waals surface area contributed by atoms with Crippen molar-refractivity contribution in [3.63, 3.8) is 0 Å². The number of fused-ring (bicyclic) bond motifs is 1. The minimum atomic E-state index is -0.203. The fourth-order valence-electron chi connectivity index (χ4n) is 5.48. The average molecular weight is 541 g/mol. The minimum absolute atomic E-state index is 0.0835. The van der Waals surface area contributed by atoms with Gasteiger partial charge in [0.2, 0.25) is 0 Å². The van der Waals surface area contributed by atoms with Crippen LogP contribution in [-0.2, 0) is 0 Å². The predicted molar refractivity (Wildman–Crippen MR) is 155 cm³/mol. The maximum atomic E-state index is 14.3. The SMILES string of the molecule is O=C(c1nnc(N2CCN(c3ccccc3F)CC2)c2ccccc12)N1CCN(CCOc2ccccc2)CC1. The van der Waals surface area contributed by atoms with Gasteiger partial charge in [-0.1, -0.05) is 54.6 Å². The Morgan fingerprint density at radius 1 is 0.725 bits per heavy atom. The Kier molecular flexibility index (Phi) is 7.72. The van der Waals surface area contributed by atoms with Gasteiger partial charge in [0, 0.05) is 69.7 Å². The standard InChI is InChI=1S/C31H33FN6O2/c32-27-12-6-7-13-28(27)36-18-20-37(21-19-36)30-26-11-5-4-10-25(26)29(33-34-30)31(39)38-16-14-35(15-17-38)22-23-40-24-8-2-1-3-9-24/h1-13H,14-23H2. The van der Waals surface area contributed by atoms with Gasteiger partial charge in [-0.15, -0.1) is 10.2 Å². The third-order valence-electron chi connectivity index (χ3n) is 7.72. The Morgan fingerprint density at radius 2 is 1.38 bits per heavy atom. The van der Waals surface area contributed by atoms with Crippen LogP contribution in [0, 0.1) is 5.82 Å². The smallest absolute Gasteiger partial charge is 0.275 e. The van der Waals surface area contributed by atoms with Crippen LogP contribution in [0.3, 0.4) is 0 Å². The van der Waals surface area contributed by atoms with Crippen LogP contribution in [-0.4, -0.2) is 91.4 Å². The molecule has 40 heavy (non-hydrogen) atoms. The van der Waals surface area contributed by atoms with E-state index in [9.17, 15) is 9.18 Å². The number of halogens is 1. The maximum Gasteiger partial charge on any atom is 0.275 e. The number of anilines is 2. The van der Waals surface area contributed by atoms with E-state index in [2.05, 4.69) is 24.9 Å². The molecular formula is C31H33FN6O2. The Labute approximate surface area is 233 Å². The number of nitrogens with zero attached hydrogens (tertiary/aromatic N) is 6. The molecule has 0 atom stereocenters. The molecule has 3 aromatic carbocycles. The zero-order valence-electron chi connectivity index (χ0n) is 22.5. The number of carbonyl (C=O) groups is 1. The molecule has 0 saturated carbocycles. The topological polar surface area (TPSA) is 65.0 Å². The summed E-state index contributed by atoms with van der Waals surface area (Å²) < 4.78 is 20.1.